The van der Waals surface area contributed by atoms with Crippen molar-refractivity contribution in [1.82, 2.24) is 15.1 Å². The molecule has 10 heteroatoms. The first-order chi connectivity index (χ1) is 13.5. The highest BCUT2D eigenvalue weighted by atomic mass is 16.5. The Balaban J connectivity index is 1.74. The van der Waals surface area contributed by atoms with Crippen molar-refractivity contribution >= 4 is 23.2 Å². The normalized spacial score (nSPS) is 10.3. The van der Waals surface area contributed by atoms with Gasteiger partial charge in [-0.05, 0) is 6.92 Å². The van der Waals surface area contributed by atoms with Crippen LogP contribution in [0.25, 0.3) is 0 Å². The Bertz CT molecular complexity index is 946. The number of amides is 1. The summed E-state index contributed by atoms with van der Waals surface area (Å²) in [7, 11) is 4.60. The monoisotopic (exact) mass is 385 g/mol. The molecule has 2 heterocycles. The SMILES string of the molecule is COc1cc(Nc2cnc(C(=O)Nc3cc(C)on3)cn2)cc(OC)c1OC. The zero-order chi connectivity index (χ0) is 20.1. The second-order valence-corrected chi connectivity index (χ2v) is 5.60. The molecule has 0 unspecified atom stereocenters. The van der Waals surface area contributed by atoms with Crippen LogP contribution in [-0.2, 0) is 0 Å². The molecule has 3 rings (SSSR count). The fourth-order valence-electron chi connectivity index (χ4n) is 2.42. The summed E-state index contributed by atoms with van der Waals surface area (Å²) >= 11 is 0. The van der Waals surface area contributed by atoms with Crippen LogP contribution in [0.2, 0.25) is 0 Å². The highest BCUT2D eigenvalue weighted by Crippen LogP contribution is 2.40. The van der Waals surface area contributed by atoms with Gasteiger partial charge >= 0.3 is 0 Å². The summed E-state index contributed by atoms with van der Waals surface area (Å²) < 4.78 is 20.8. The molecule has 2 aromatic heterocycles. The van der Waals surface area contributed by atoms with Crippen molar-refractivity contribution in [3.05, 3.63) is 42.0 Å². The minimum absolute atomic E-state index is 0.135. The van der Waals surface area contributed by atoms with Crippen molar-refractivity contribution in [2.75, 3.05) is 32.0 Å². The number of benzene rings is 1. The third-order valence-corrected chi connectivity index (χ3v) is 3.69. The van der Waals surface area contributed by atoms with Gasteiger partial charge in [-0.3, -0.25) is 4.79 Å². The molecule has 0 spiro atoms. The van der Waals surface area contributed by atoms with Crippen molar-refractivity contribution in [2.24, 2.45) is 0 Å². The first kappa shape index (κ1) is 19.0. The van der Waals surface area contributed by atoms with E-state index in [4.69, 9.17) is 18.7 Å². The average Bonchev–Trinajstić information content (AvgIpc) is 3.12. The standard InChI is InChI=1S/C18H19N5O5/c1-10-5-15(23-28-10)22-18(24)12-8-20-16(9-19-12)21-11-6-13(25-2)17(27-4)14(7-11)26-3/h5-9H,1-4H3,(H,20,21)(H,22,23,24). The molecule has 3 aromatic rings. The lowest BCUT2D eigenvalue weighted by Crippen LogP contribution is -2.14. The molecule has 0 radical (unpaired) electrons. The molecule has 1 aromatic carbocycles. The molecule has 10 nitrogen and oxygen atoms in total. The third-order valence-electron chi connectivity index (χ3n) is 3.69. The Morgan fingerprint density at radius 1 is 0.964 bits per heavy atom. The van der Waals surface area contributed by atoms with E-state index < -0.39 is 5.91 Å². The first-order valence-corrected chi connectivity index (χ1v) is 8.17. The Morgan fingerprint density at radius 2 is 1.68 bits per heavy atom. The molecule has 0 aliphatic carbocycles. The summed E-state index contributed by atoms with van der Waals surface area (Å²) in [6.45, 7) is 1.73. The smallest absolute Gasteiger partial charge is 0.277 e. The van der Waals surface area contributed by atoms with Crippen LogP contribution in [0, 0.1) is 6.92 Å². The molecule has 0 saturated heterocycles. The number of nitrogens with zero attached hydrogens (tertiary/aromatic N) is 3. The predicted octanol–water partition coefficient (Wildman–Crippen LogP) is 2.79. The van der Waals surface area contributed by atoms with Crippen molar-refractivity contribution in [3.8, 4) is 17.2 Å². The van der Waals surface area contributed by atoms with E-state index in [-0.39, 0.29) is 5.69 Å². The number of ether oxygens (including phenoxy) is 3. The summed E-state index contributed by atoms with van der Waals surface area (Å²) in [6.07, 6.45) is 2.79. The second kappa shape index (κ2) is 8.25. The van der Waals surface area contributed by atoms with Gasteiger partial charge in [-0.2, -0.15) is 0 Å². The summed E-state index contributed by atoms with van der Waals surface area (Å²) in [5.74, 6) is 2.36. The Kier molecular flexibility index (Phi) is 5.58. The molecule has 0 atom stereocenters. The van der Waals surface area contributed by atoms with E-state index >= 15 is 0 Å². The van der Waals surface area contributed by atoms with Gasteiger partial charge in [0.05, 0.1) is 33.7 Å². The first-order valence-electron chi connectivity index (χ1n) is 8.17. The molecule has 0 bridgehead atoms. The predicted molar refractivity (Wildman–Crippen MR) is 101 cm³/mol. The fraction of sp³-hybridized carbons (Fsp3) is 0.222. The zero-order valence-electron chi connectivity index (χ0n) is 15.8. The van der Waals surface area contributed by atoms with E-state index in [0.29, 0.717) is 40.3 Å². The Labute approximate surface area is 160 Å². The lowest BCUT2D eigenvalue weighted by Gasteiger charge is -2.14. The van der Waals surface area contributed by atoms with E-state index in [9.17, 15) is 4.79 Å². The van der Waals surface area contributed by atoms with Crippen LogP contribution >= 0.6 is 0 Å². The largest absolute Gasteiger partial charge is 0.493 e. The number of carbonyl (C=O) groups is 1. The number of rotatable bonds is 7. The van der Waals surface area contributed by atoms with Crippen LogP contribution in [0.15, 0.2) is 35.1 Å². The maximum atomic E-state index is 12.2. The minimum Gasteiger partial charge on any atom is -0.493 e. The number of hydrogen-bond donors (Lipinski definition) is 2. The molecule has 2 N–H and O–H groups in total. The van der Waals surface area contributed by atoms with Crippen LogP contribution < -0.4 is 24.8 Å². The highest BCUT2D eigenvalue weighted by Gasteiger charge is 2.14. The van der Waals surface area contributed by atoms with Gasteiger partial charge in [0, 0.05) is 23.9 Å². The molecule has 0 aliphatic rings. The maximum absolute atomic E-state index is 12.2. The molecule has 146 valence electrons. The van der Waals surface area contributed by atoms with Gasteiger partial charge < -0.3 is 29.4 Å². The van der Waals surface area contributed by atoms with Crippen LogP contribution in [-0.4, -0.2) is 42.4 Å². The molecule has 0 saturated carbocycles. The number of aromatic nitrogens is 3. The van der Waals surface area contributed by atoms with E-state index in [1.807, 2.05) is 0 Å². The lowest BCUT2D eigenvalue weighted by atomic mass is 10.2. The molecule has 0 aliphatic heterocycles. The van der Waals surface area contributed by atoms with E-state index in [1.165, 1.54) is 33.7 Å². The number of anilines is 3. The summed E-state index contributed by atoms with van der Waals surface area (Å²) in [5.41, 5.74) is 0.787. The number of carbonyl (C=O) groups excluding carboxylic acids is 1. The fourth-order valence-corrected chi connectivity index (χ4v) is 2.42. The van der Waals surface area contributed by atoms with E-state index in [0.717, 1.165) is 0 Å². The average molecular weight is 385 g/mol. The van der Waals surface area contributed by atoms with Crippen LogP contribution in [0.3, 0.4) is 0 Å². The van der Waals surface area contributed by atoms with E-state index in [2.05, 4.69) is 25.8 Å². The summed E-state index contributed by atoms with van der Waals surface area (Å²) in [6, 6.07) is 5.07. The van der Waals surface area contributed by atoms with Crippen LogP contribution in [0.4, 0.5) is 17.3 Å². The van der Waals surface area contributed by atoms with Gasteiger partial charge in [0.25, 0.3) is 5.91 Å². The van der Waals surface area contributed by atoms with Gasteiger partial charge in [0.15, 0.2) is 17.3 Å². The number of methoxy groups -OCH3 is 3. The number of hydrogen-bond acceptors (Lipinski definition) is 9. The van der Waals surface area contributed by atoms with E-state index in [1.54, 1.807) is 25.1 Å². The zero-order valence-corrected chi connectivity index (χ0v) is 15.8. The molecule has 0 fully saturated rings. The van der Waals surface area contributed by atoms with Gasteiger partial charge in [0.1, 0.15) is 17.3 Å². The molecule has 28 heavy (non-hydrogen) atoms. The quantitative estimate of drug-likeness (QED) is 0.632. The highest BCUT2D eigenvalue weighted by molar-refractivity contribution is 6.02. The molecular weight excluding hydrogens is 366 g/mol. The number of nitrogens with one attached hydrogen (secondary N) is 2. The van der Waals surface area contributed by atoms with Gasteiger partial charge in [-0.1, -0.05) is 5.16 Å². The van der Waals surface area contributed by atoms with Gasteiger partial charge in [-0.25, -0.2) is 9.97 Å². The maximum Gasteiger partial charge on any atom is 0.277 e. The molecular formula is C18H19N5O5. The summed E-state index contributed by atoms with van der Waals surface area (Å²) in [4.78, 5) is 20.5. The topological polar surface area (TPSA) is 121 Å². The Morgan fingerprint density at radius 3 is 2.18 bits per heavy atom. The Hall–Kier alpha value is -3.82. The minimum atomic E-state index is -0.444. The van der Waals surface area contributed by atoms with Gasteiger partial charge in [0.2, 0.25) is 5.75 Å². The van der Waals surface area contributed by atoms with Crippen LogP contribution in [0.1, 0.15) is 16.2 Å². The van der Waals surface area contributed by atoms with Crippen molar-refractivity contribution < 1.29 is 23.5 Å². The van der Waals surface area contributed by atoms with Gasteiger partial charge in [-0.15, -0.1) is 0 Å². The van der Waals surface area contributed by atoms with Crippen molar-refractivity contribution in [3.63, 3.8) is 0 Å². The number of aryl methyl sites for hydroxylation is 1. The second-order valence-electron chi connectivity index (χ2n) is 5.60. The van der Waals surface area contributed by atoms with Crippen LogP contribution in [0.5, 0.6) is 17.2 Å². The molecule has 1 amide bonds. The van der Waals surface area contributed by atoms with Crippen molar-refractivity contribution in [2.45, 2.75) is 6.92 Å². The summed E-state index contributed by atoms with van der Waals surface area (Å²) in [5, 5.41) is 9.35. The lowest BCUT2D eigenvalue weighted by molar-refractivity contribution is 0.102. The third kappa shape index (κ3) is 4.11. The van der Waals surface area contributed by atoms with Crippen molar-refractivity contribution in [1.29, 1.82) is 0 Å².